The lowest BCUT2D eigenvalue weighted by atomic mass is 10.3. The molecular weight excluding hydrogens is 519 g/mol. The van der Waals surface area contributed by atoms with Crippen LogP contribution in [-0.4, -0.2) is 39.0 Å². The van der Waals surface area contributed by atoms with Gasteiger partial charge in [-0.2, -0.15) is 0 Å². The minimum Gasteiger partial charge on any atom is -0.481 e. The second-order valence-electron chi connectivity index (χ2n) is 7.08. The summed E-state index contributed by atoms with van der Waals surface area (Å²) >= 11 is 14.7. The van der Waals surface area contributed by atoms with Crippen LogP contribution in [0.2, 0.25) is 10.0 Å². The molecule has 0 bridgehead atoms. The molecule has 1 N–H and O–H groups in total. The molecule has 8 nitrogen and oxygen atoms in total. The van der Waals surface area contributed by atoms with Gasteiger partial charge in [0.25, 0.3) is 0 Å². The van der Waals surface area contributed by atoms with E-state index in [-0.39, 0.29) is 18.3 Å². The summed E-state index contributed by atoms with van der Waals surface area (Å²) in [5.74, 6) is 0.466. The van der Waals surface area contributed by atoms with Gasteiger partial charge in [-0.05, 0) is 52.0 Å². The smallest absolute Gasteiger partial charge is 0.341 e. The summed E-state index contributed by atoms with van der Waals surface area (Å²) in [5, 5.41) is 13.3. The normalized spacial score (nSPS) is 11.8. The lowest BCUT2D eigenvalue weighted by molar-refractivity contribution is -0.113. The third-order valence-corrected chi connectivity index (χ3v) is 7.02. The molecule has 0 saturated carbocycles. The molecule has 182 valence electrons. The fourth-order valence-electron chi connectivity index (χ4n) is 3.08. The van der Waals surface area contributed by atoms with Gasteiger partial charge >= 0.3 is 5.97 Å². The number of hydrogen-bond acceptors (Lipinski definition) is 8. The van der Waals surface area contributed by atoms with Gasteiger partial charge in [-0.1, -0.05) is 35.0 Å². The Balaban J connectivity index is 1.66. The number of aromatic nitrogens is 3. The van der Waals surface area contributed by atoms with Crippen LogP contribution in [0.5, 0.6) is 5.75 Å². The van der Waals surface area contributed by atoms with E-state index in [1.54, 1.807) is 31.2 Å². The number of rotatable bonds is 10. The first-order chi connectivity index (χ1) is 16.2. The number of aryl methyl sites for hydroxylation is 1. The van der Waals surface area contributed by atoms with Crippen LogP contribution in [0.25, 0.3) is 0 Å². The number of nitrogens with zero attached hydrogens (tertiary/aromatic N) is 3. The fourth-order valence-corrected chi connectivity index (χ4v) is 5.26. The molecule has 0 fully saturated rings. The molecule has 2 aromatic heterocycles. The van der Waals surface area contributed by atoms with Gasteiger partial charge in [0.2, 0.25) is 5.91 Å². The van der Waals surface area contributed by atoms with E-state index in [1.165, 1.54) is 23.1 Å². The molecule has 0 aliphatic rings. The summed E-state index contributed by atoms with van der Waals surface area (Å²) in [7, 11) is 0. The van der Waals surface area contributed by atoms with Crippen molar-refractivity contribution >= 4 is 63.2 Å². The molecule has 0 aliphatic heterocycles. The van der Waals surface area contributed by atoms with Crippen molar-refractivity contribution in [2.24, 2.45) is 0 Å². The van der Waals surface area contributed by atoms with Gasteiger partial charge in [0.05, 0.1) is 22.9 Å². The number of halogens is 2. The molecule has 1 unspecified atom stereocenters. The summed E-state index contributed by atoms with van der Waals surface area (Å²) in [5.41, 5.74) is 0.355. The van der Waals surface area contributed by atoms with Crippen LogP contribution < -0.4 is 10.1 Å². The van der Waals surface area contributed by atoms with Crippen LogP contribution in [0, 0.1) is 6.92 Å². The van der Waals surface area contributed by atoms with Crippen LogP contribution in [0.3, 0.4) is 0 Å². The lowest BCUT2D eigenvalue weighted by Crippen LogP contribution is -2.16. The molecule has 0 spiro atoms. The number of amides is 1. The van der Waals surface area contributed by atoms with Gasteiger partial charge in [-0.25, -0.2) is 4.79 Å². The van der Waals surface area contributed by atoms with E-state index in [0.717, 1.165) is 4.88 Å². The highest BCUT2D eigenvalue weighted by atomic mass is 35.5. The molecular formula is C22H24Cl2N4O4S2. The molecule has 3 aromatic rings. The second-order valence-corrected chi connectivity index (χ2v) is 10.1. The Morgan fingerprint density at radius 1 is 1.24 bits per heavy atom. The van der Waals surface area contributed by atoms with Crippen molar-refractivity contribution in [3.63, 3.8) is 0 Å². The molecule has 0 radical (unpaired) electrons. The average molecular weight is 543 g/mol. The minimum absolute atomic E-state index is 0.0929. The van der Waals surface area contributed by atoms with Gasteiger partial charge in [0, 0.05) is 16.4 Å². The topological polar surface area (TPSA) is 95.3 Å². The third kappa shape index (κ3) is 6.44. The van der Waals surface area contributed by atoms with Gasteiger partial charge < -0.3 is 19.4 Å². The quantitative estimate of drug-likeness (QED) is 0.247. The molecule has 34 heavy (non-hydrogen) atoms. The Kier molecular flexibility index (Phi) is 9.24. The number of nitrogens with one attached hydrogen (secondary N) is 1. The summed E-state index contributed by atoms with van der Waals surface area (Å²) in [6.07, 6.45) is -0.435. The first-order valence-corrected chi connectivity index (χ1v) is 13.0. The summed E-state index contributed by atoms with van der Waals surface area (Å²) < 4.78 is 12.9. The van der Waals surface area contributed by atoms with Crippen molar-refractivity contribution in [3.05, 3.63) is 50.6 Å². The standard InChI is InChI=1S/C22H24Cl2N4O4S2/c1-5-28-19(13(4)32-17-8-7-14(23)10-16(17)24)26-27-22(28)33-11-18(29)25-20-15(9-12(3)34-20)21(30)31-6-2/h7-10,13H,5-6,11H2,1-4H3,(H,25,29). The highest BCUT2D eigenvalue weighted by Gasteiger charge is 2.22. The number of benzene rings is 1. The van der Waals surface area contributed by atoms with Crippen LogP contribution in [0.1, 0.15) is 47.9 Å². The van der Waals surface area contributed by atoms with Crippen molar-refractivity contribution in [1.82, 2.24) is 14.8 Å². The van der Waals surface area contributed by atoms with Crippen LogP contribution >= 0.6 is 46.3 Å². The van der Waals surface area contributed by atoms with E-state index < -0.39 is 12.1 Å². The van der Waals surface area contributed by atoms with Gasteiger partial charge in [0.1, 0.15) is 10.8 Å². The molecule has 1 amide bonds. The zero-order valence-electron chi connectivity index (χ0n) is 19.1. The zero-order chi connectivity index (χ0) is 24.8. The largest absolute Gasteiger partial charge is 0.481 e. The molecule has 0 saturated heterocycles. The molecule has 12 heteroatoms. The first kappa shape index (κ1) is 26.3. The molecule has 1 atom stereocenters. The Bertz CT molecular complexity index is 1180. The molecule has 0 aliphatic carbocycles. The van der Waals surface area contributed by atoms with Gasteiger partial charge in [-0.15, -0.1) is 21.5 Å². The highest BCUT2D eigenvalue weighted by molar-refractivity contribution is 7.99. The average Bonchev–Trinajstić information content (AvgIpc) is 3.37. The van der Waals surface area contributed by atoms with E-state index in [4.69, 9.17) is 32.7 Å². The molecule has 1 aromatic carbocycles. The van der Waals surface area contributed by atoms with E-state index in [0.29, 0.717) is 43.9 Å². The predicted octanol–water partition coefficient (Wildman–Crippen LogP) is 6.02. The van der Waals surface area contributed by atoms with Crippen molar-refractivity contribution < 1.29 is 19.1 Å². The third-order valence-electron chi connectivity index (χ3n) is 4.56. The Morgan fingerprint density at radius 3 is 2.68 bits per heavy atom. The molecule has 2 heterocycles. The fraction of sp³-hybridized carbons (Fsp3) is 0.364. The number of thioether (sulfide) groups is 1. The van der Waals surface area contributed by atoms with Crippen molar-refractivity contribution in [1.29, 1.82) is 0 Å². The number of carbonyl (C=O) groups is 2. The number of anilines is 1. The van der Waals surface area contributed by atoms with E-state index >= 15 is 0 Å². The Labute approximate surface area is 215 Å². The van der Waals surface area contributed by atoms with Crippen LogP contribution in [-0.2, 0) is 16.1 Å². The summed E-state index contributed by atoms with van der Waals surface area (Å²) in [4.78, 5) is 25.6. The van der Waals surface area contributed by atoms with Crippen molar-refractivity contribution in [2.45, 2.75) is 45.5 Å². The van der Waals surface area contributed by atoms with E-state index in [2.05, 4.69) is 15.5 Å². The maximum absolute atomic E-state index is 12.6. The monoisotopic (exact) mass is 542 g/mol. The number of ether oxygens (including phenoxy) is 2. The van der Waals surface area contributed by atoms with Crippen LogP contribution in [0.4, 0.5) is 5.00 Å². The van der Waals surface area contributed by atoms with E-state index in [1.807, 2.05) is 25.3 Å². The number of thiophene rings is 1. The zero-order valence-corrected chi connectivity index (χ0v) is 22.2. The maximum Gasteiger partial charge on any atom is 0.341 e. The number of hydrogen-bond donors (Lipinski definition) is 1. The van der Waals surface area contributed by atoms with Gasteiger partial charge in [-0.3, -0.25) is 4.79 Å². The molecule has 3 rings (SSSR count). The van der Waals surface area contributed by atoms with Crippen molar-refractivity contribution in [3.8, 4) is 5.75 Å². The van der Waals surface area contributed by atoms with Crippen LogP contribution in [0.15, 0.2) is 29.4 Å². The first-order valence-electron chi connectivity index (χ1n) is 10.5. The number of carbonyl (C=O) groups excluding carboxylic acids is 2. The Morgan fingerprint density at radius 2 is 2.00 bits per heavy atom. The maximum atomic E-state index is 12.6. The lowest BCUT2D eigenvalue weighted by Gasteiger charge is -2.16. The highest BCUT2D eigenvalue weighted by Crippen LogP contribution is 2.32. The minimum atomic E-state index is -0.458. The Hall–Kier alpha value is -2.27. The predicted molar refractivity (Wildman–Crippen MR) is 136 cm³/mol. The summed E-state index contributed by atoms with van der Waals surface area (Å²) in [6.45, 7) is 8.25. The van der Waals surface area contributed by atoms with E-state index in [9.17, 15) is 9.59 Å². The number of esters is 1. The second kappa shape index (κ2) is 11.9. The van der Waals surface area contributed by atoms with Gasteiger partial charge in [0.15, 0.2) is 17.1 Å². The van der Waals surface area contributed by atoms with Crippen molar-refractivity contribution in [2.75, 3.05) is 17.7 Å². The summed E-state index contributed by atoms with van der Waals surface area (Å²) in [6, 6.07) is 6.71. The SMILES string of the molecule is CCOC(=O)c1cc(C)sc1NC(=O)CSc1nnc(C(C)Oc2ccc(Cl)cc2Cl)n1CC.